The molecule has 2 aromatic rings. The summed E-state index contributed by atoms with van der Waals surface area (Å²) >= 11 is 0. The third kappa shape index (κ3) is 2.52. The van der Waals surface area contributed by atoms with Gasteiger partial charge in [-0.2, -0.15) is 10.4 Å². The van der Waals surface area contributed by atoms with Crippen LogP contribution in [0.5, 0.6) is 0 Å². The number of carbonyl (C=O) groups is 1. The highest BCUT2D eigenvalue weighted by molar-refractivity contribution is 5.81. The van der Waals surface area contributed by atoms with Crippen LogP contribution >= 0.6 is 0 Å². The molecule has 0 spiro atoms. The third-order valence-corrected chi connectivity index (χ3v) is 4.43. The Morgan fingerprint density at radius 3 is 2.87 bits per heavy atom. The molecule has 7 heteroatoms. The van der Waals surface area contributed by atoms with Crippen molar-refractivity contribution in [1.29, 1.82) is 5.26 Å². The SMILES string of the molecule is Cc1c([C@H]2[C@H](Nc3ncccc3C#N)CC(=O)N2C)cnn1C. The fourth-order valence-corrected chi connectivity index (χ4v) is 3.02. The van der Waals surface area contributed by atoms with Crippen molar-refractivity contribution in [3.05, 3.63) is 41.3 Å². The molecule has 0 bridgehead atoms. The molecule has 0 aromatic carbocycles. The van der Waals surface area contributed by atoms with E-state index in [2.05, 4.69) is 21.5 Å². The van der Waals surface area contributed by atoms with Crippen LogP contribution in [0.25, 0.3) is 0 Å². The smallest absolute Gasteiger partial charge is 0.225 e. The van der Waals surface area contributed by atoms with Gasteiger partial charge in [-0.1, -0.05) is 0 Å². The molecule has 1 aliphatic heterocycles. The van der Waals surface area contributed by atoms with E-state index >= 15 is 0 Å². The van der Waals surface area contributed by atoms with Crippen molar-refractivity contribution < 1.29 is 4.79 Å². The van der Waals surface area contributed by atoms with Crippen LogP contribution in [0.2, 0.25) is 0 Å². The topological polar surface area (TPSA) is 86.8 Å². The second kappa shape index (κ2) is 5.72. The third-order valence-electron chi connectivity index (χ3n) is 4.43. The number of hydrogen-bond acceptors (Lipinski definition) is 5. The summed E-state index contributed by atoms with van der Waals surface area (Å²) in [5.74, 6) is 0.569. The van der Waals surface area contributed by atoms with E-state index in [1.54, 1.807) is 41.2 Å². The van der Waals surface area contributed by atoms with Gasteiger partial charge in [0.2, 0.25) is 5.91 Å². The Morgan fingerprint density at radius 2 is 2.22 bits per heavy atom. The van der Waals surface area contributed by atoms with Crippen molar-refractivity contribution in [2.45, 2.75) is 25.4 Å². The van der Waals surface area contributed by atoms with Crippen LogP contribution in [0.1, 0.15) is 29.3 Å². The zero-order chi connectivity index (χ0) is 16.6. The Hall–Kier alpha value is -2.88. The van der Waals surface area contributed by atoms with Crippen LogP contribution in [-0.2, 0) is 11.8 Å². The summed E-state index contributed by atoms with van der Waals surface area (Å²) in [6, 6.07) is 5.26. The van der Waals surface area contributed by atoms with E-state index in [1.165, 1.54) is 0 Å². The largest absolute Gasteiger partial charge is 0.363 e. The minimum absolute atomic E-state index is 0.0604. The van der Waals surface area contributed by atoms with Gasteiger partial charge in [0.15, 0.2) is 0 Å². The molecule has 2 aromatic heterocycles. The van der Waals surface area contributed by atoms with Crippen molar-refractivity contribution in [2.75, 3.05) is 12.4 Å². The molecule has 2 atom stereocenters. The Kier molecular flexibility index (Phi) is 3.74. The number of amides is 1. The Bertz CT molecular complexity index is 790. The Balaban J connectivity index is 1.95. The van der Waals surface area contributed by atoms with Crippen molar-refractivity contribution >= 4 is 11.7 Å². The molecule has 1 fully saturated rings. The van der Waals surface area contributed by atoms with Crippen molar-refractivity contribution in [2.24, 2.45) is 7.05 Å². The number of aryl methyl sites for hydroxylation is 1. The van der Waals surface area contributed by atoms with Crippen LogP contribution < -0.4 is 5.32 Å². The van der Waals surface area contributed by atoms with Gasteiger partial charge in [0, 0.05) is 38.0 Å². The van der Waals surface area contributed by atoms with E-state index in [4.69, 9.17) is 0 Å². The number of nitrogens with zero attached hydrogens (tertiary/aromatic N) is 5. The van der Waals surface area contributed by atoms with Gasteiger partial charge in [0.25, 0.3) is 0 Å². The number of anilines is 1. The number of nitriles is 1. The average molecular weight is 310 g/mol. The first-order valence-corrected chi connectivity index (χ1v) is 7.38. The van der Waals surface area contributed by atoms with E-state index in [1.807, 2.05) is 14.0 Å². The molecule has 7 nitrogen and oxygen atoms in total. The van der Waals surface area contributed by atoms with Gasteiger partial charge < -0.3 is 10.2 Å². The summed E-state index contributed by atoms with van der Waals surface area (Å²) in [6.45, 7) is 1.98. The number of aromatic nitrogens is 3. The van der Waals surface area contributed by atoms with E-state index < -0.39 is 0 Å². The molecule has 0 radical (unpaired) electrons. The number of pyridine rings is 1. The fourth-order valence-electron chi connectivity index (χ4n) is 3.02. The molecular weight excluding hydrogens is 292 g/mol. The molecule has 3 heterocycles. The number of likely N-dealkylation sites (tertiary alicyclic amines) is 1. The van der Waals surface area contributed by atoms with Crippen molar-refractivity contribution in [3.63, 3.8) is 0 Å². The molecule has 0 aliphatic carbocycles. The van der Waals surface area contributed by atoms with E-state index in [-0.39, 0.29) is 18.0 Å². The van der Waals surface area contributed by atoms with E-state index in [9.17, 15) is 10.1 Å². The maximum Gasteiger partial charge on any atom is 0.225 e. The van der Waals surface area contributed by atoms with Gasteiger partial charge >= 0.3 is 0 Å². The monoisotopic (exact) mass is 310 g/mol. The second-order valence-corrected chi connectivity index (χ2v) is 5.72. The van der Waals surface area contributed by atoms with Gasteiger partial charge in [0.05, 0.1) is 23.8 Å². The predicted octanol–water partition coefficient (Wildman–Crippen LogP) is 1.38. The first kappa shape index (κ1) is 15.0. The number of rotatable bonds is 3. The molecule has 0 unspecified atom stereocenters. The van der Waals surface area contributed by atoms with Crippen LogP contribution in [0.15, 0.2) is 24.5 Å². The number of hydrogen-bond donors (Lipinski definition) is 1. The highest BCUT2D eigenvalue weighted by atomic mass is 16.2. The van der Waals surface area contributed by atoms with Gasteiger partial charge in [0.1, 0.15) is 11.9 Å². The number of nitrogens with one attached hydrogen (secondary N) is 1. The van der Waals surface area contributed by atoms with E-state index in [0.717, 1.165) is 11.3 Å². The summed E-state index contributed by atoms with van der Waals surface area (Å²) in [5, 5.41) is 16.8. The van der Waals surface area contributed by atoms with Crippen molar-refractivity contribution in [3.8, 4) is 6.07 Å². The Labute approximate surface area is 134 Å². The lowest BCUT2D eigenvalue weighted by atomic mass is 10.0. The summed E-state index contributed by atoms with van der Waals surface area (Å²) < 4.78 is 1.80. The standard InChI is InChI=1S/C16H18N6O/c1-10-12(9-19-22(10)3)15-13(7-14(23)21(15)2)20-16-11(8-17)5-4-6-18-16/h4-6,9,13,15H,7H2,1-3H3,(H,18,20)/t13-,15+/m1/s1. The normalized spacial score (nSPS) is 20.6. The molecule has 1 aliphatic rings. The molecule has 1 saturated heterocycles. The maximum atomic E-state index is 12.2. The number of carbonyl (C=O) groups excluding carboxylic acids is 1. The highest BCUT2D eigenvalue weighted by Crippen LogP contribution is 2.35. The van der Waals surface area contributed by atoms with Crippen LogP contribution in [0, 0.1) is 18.3 Å². The van der Waals surface area contributed by atoms with Gasteiger partial charge in [-0.3, -0.25) is 9.48 Å². The predicted molar refractivity (Wildman–Crippen MR) is 84.4 cm³/mol. The summed E-state index contributed by atoms with van der Waals surface area (Å²) in [6.07, 6.45) is 3.79. The second-order valence-electron chi connectivity index (χ2n) is 5.72. The van der Waals surface area contributed by atoms with Crippen LogP contribution in [-0.4, -0.2) is 38.7 Å². The molecule has 118 valence electrons. The van der Waals surface area contributed by atoms with Gasteiger partial charge in [-0.15, -0.1) is 0 Å². The molecule has 1 amide bonds. The average Bonchev–Trinajstić information content (AvgIpc) is 3.01. The zero-order valence-electron chi connectivity index (χ0n) is 13.3. The van der Waals surface area contributed by atoms with Gasteiger partial charge in [-0.25, -0.2) is 4.98 Å². The summed E-state index contributed by atoms with van der Waals surface area (Å²) in [7, 11) is 3.68. The van der Waals surface area contributed by atoms with Crippen molar-refractivity contribution in [1.82, 2.24) is 19.7 Å². The zero-order valence-corrected chi connectivity index (χ0v) is 13.3. The molecular formula is C16H18N6O. The minimum atomic E-state index is -0.155. The summed E-state index contributed by atoms with van der Waals surface area (Å²) in [4.78, 5) is 18.2. The summed E-state index contributed by atoms with van der Waals surface area (Å²) in [5.41, 5.74) is 2.49. The first-order valence-electron chi connectivity index (χ1n) is 7.38. The van der Waals surface area contributed by atoms with E-state index in [0.29, 0.717) is 17.8 Å². The maximum absolute atomic E-state index is 12.2. The lowest BCUT2D eigenvalue weighted by Crippen LogP contribution is -2.30. The van der Waals surface area contributed by atoms with Crippen LogP contribution in [0.4, 0.5) is 5.82 Å². The minimum Gasteiger partial charge on any atom is -0.363 e. The quantitative estimate of drug-likeness (QED) is 0.925. The lowest BCUT2D eigenvalue weighted by molar-refractivity contribution is -0.127. The molecule has 1 N–H and O–H groups in total. The number of likely N-dealkylation sites (N-methyl/N-ethyl adjacent to an activating group) is 1. The Morgan fingerprint density at radius 1 is 1.43 bits per heavy atom. The van der Waals surface area contributed by atoms with Gasteiger partial charge in [-0.05, 0) is 19.1 Å². The molecule has 23 heavy (non-hydrogen) atoms. The first-order chi connectivity index (χ1) is 11.0. The molecule has 0 saturated carbocycles. The highest BCUT2D eigenvalue weighted by Gasteiger charge is 2.40. The fraction of sp³-hybridized carbons (Fsp3) is 0.375. The lowest BCUT2D eigenvalue weighted by Gasteiger charge is -2.26. The molecule has 3 rings (SSSR count). The van der Waals surface area contributed by atoms with Crippen LogP contribution in [0.3, 0.4) is 0 Å².